The Morgan fingerprint density at radius 1 is 1.18 bits per heavy atom. The molecule has 2 amide bonds. The van der Waals surface area contributed by atoms with Crippen LogP contribution in [-0.2, 0) is 16.1 Å². The topological polar surface area (TPSA) is 78.2 Å². The van der Waals surface area contributed by atoms with Crippen LogP contribution in [0.15, 0.2) is 52.1 Å². The Hall–Kier alpha value is -2.58. The third kappa shape index (κ3) is 4.63. The van der Waals surface area contributed by atoms with Gasteiger partial charge in [0.25, 0.3) is 0 Å². The molecule has 0 aliphatic carbocycles. The van der Waals surface area contributed by atoms with Gasteiger partial charge in [-0.1, -0.05) is 11.8 Å². The van der Waals surface area contributed by atoms with Crippen molar-refractivity contribution in [2.24, 2.45) is 4.99 Å². The fraction of sp³-hybridized carbons (Fsp3) is 0.350. The summed E-state index contributed by atoms with van der Waals surface area (Å²) in [6.45, 7) is 2.80. The summed E-state index contributed by atoms with van der Waals surface area (Å²) in [6.07, 6.45) is 3.93. The molecular formula is C20H22N4O3S. The highest BCUT2D eigenvalue weighted by Crippen LogP contribution is 2.26. The van der Waals surface area contributed by atoms with Gasteiger partial charge in [0.05, 0.1) is 30.8 Å². The van der Waals surface area contributed by atoms with Crippen molar-refractivity contribution < 1.29 is 14.0 Å². The first-order valence-corrected chi connectivity index (χ1v) is 10.3. The number of hydrogen-bond donors (Lipinski definition) is 1. The number of anilines is 1. The number of nitrogens with one attached hydrogen (secondary N) is 1. The second-order valence-corrected chi connectivity index (χ2v) is 7.76. The Labute approximate surface area is 167 Å². The van der Waals surface area contributed by atoms with E-state index in [9.17, 15) is 9.59 Å². The van der Waals surface area contributed by atoms with E-state index < -0.39 is 0 Å². The Morgan fingerprint density at radius 3 is 2.68 bits per heavy atom. The van der Waals surface area contributed by atoms with Gasteiger partial charge in [0.2, 0.25) is 11.8 Å². The molecule has 0 saturated carbocycles. The van der Waals surface area contributed by atoms with Crippen molar-refractivity contribution in [2.45, 2.75) is 19.4 Å². The average Bonchev–Trinajstić information content (AvgIpc) is 3.43. The number of rotatable bonds is 6. The molecule has 2 saturated heterocycles. The van der Waals surface area contributed by atoms with Crippen LogP contribution in [0, 0.1) is 0 Å². The molecule has 3 heterocycles. The van der Waals surface area contributed by atoms with E-state index >= 15 is 0 Å². The minimum Gasteiger partial charge on any atom is -0.467 e. The Morgan fingerprint density at radius 2 is 1.96 bits per heavy atom. The van der Waals surface area contributed by atoms with Crippen LogP contribution in [0.4, 0.5) is 11.4 Å². The third-order valence-electron chi connectivity index (χ3n) is 4.69. The second-order valence-electron chi connectivity index (χ2n) is 6.82. The average molecular weight is 398 g/mol. The summed E-state index contributed by atoms with van der Waals surface area (Å²) in [5.41, 5.74) is 1.48. The van der Waals surface area contributed by atoms with Crippen LogP contribution < -0.4 is 5.32 Å². The number of nitrogens with zero attached hydrogens (tertiary/aromatic N) is 3. The van der Waals surface area contributed by atoms with Crippen LogP contribution in [0.2, 0.25) is 0 Å². The van der Waals surface area contributed by atoms with Gasteiger partial charge in [-0.05, 0) is 62.3 Å². The molecule has 2 aliphatic rings. The van der Waals surface area contributed by atoms with Crippen molar-refractivity contribution in [3.8, 4) is 0 Å². The standard InChI is InChI=1S/C20H22N4O3S/c25-18(13-23-9-1-2-10-23)21-15-5-7-16(8-6-15)22-20-24(19(26)14-28-20)12-17-4-3-11-27-17/h3-8,11H,1-2,9-10,12-14H2,(H,21,25). The zero-order chi connectivity index (χ0) is 19.3. The third-order valence-corrected chi connectivity index (χ3v) is 5.65. The van der Waals surface area contributed by atoms with Gasteiger partial charge in [-0.2, -0.15) is 0 Å². The van der Waals surface area contributed by atoms with Gasteiger partial charge in [0.1, 0.15) is 5.76 Å². The molecule has 146 valence electrons. The molecule has 8 heteroatoms. The van der Waals surface area contributed by atoms with Crippen molar-refractivity contribution >= 4 is 40.1 Å². The highest BCUT2D eigenvalue weighted by Gasteiger charge is 2.29. The molecule has 7 nitrogen and oxygen atoms in total. The summed E-state index contributed by atoms with van der Waals surface area (Å²) in [4.78, 5) is 32.7. The van der Waals surface area contributed by atoms with E-state index in [-0.39, 0.29) is 11.8 Å². The van der Waals surface area contributed by atoms with Crippen molar-refractivity contribution in [1.82, 2.24) is 9.80 Å². The summed E-state index contributed by atoms with van der Waals surface area (Å²) in [5, 5.41) is 3.58. The molecule has 0 radical (unpaired) electrons. The number of carbonyl (C=O) groups is 2. The first-order chi connectivity index (χ1) is 13.7. The van der Waals surface area contributed by atoms with Crippen molar-refractivity contribution in [2.75, 3.05) is 30.7 Å². The Balaban J connectivity index is 1.38. The maximum absolute atomic E-state index is 12.1. The second kappa shape index (κ2) is 8.62. The largest absolute Gasteiger partial charge is 0.467 e. The number of amides is 2. The van der Waals surface area contributed by atoms with E-state index in [0.717, 1.165) is 30.2 Å². The van der Waals surface area contributed by atoms with Gasteiger partial charge < -0.3 is 9.73 Å². The molecule has 1 N–H and O–H groups in total. The maximum Gasteiger partial charge on any atom is 0.239 e. The van der Waals surface area contributed by atoms with Gasteiger partial charge in [-0.25, -0.2) is 4.99 Å². The van der Waals surface area contributed by atoms with E-state index in [0.29, 0.717) is 24.0 Å². The number of aliphatic imine (C=N–C) groups is 1. The van der Waals surface area contributed by atoms with Crippen LogP contribution in [0.3, 0.4) is 0 Å². The van der Waals surface area contributed by atoms with Crippen LogP contribution in [0.25, 0.3) is 0 Å². The molecule has 2 fully saturated rings. The number of hydrogen-bond acceptors (Lipinski definition) is 6. The quantitative estimate of drug-likeness (QED) is 0.809. The van der Waals surface area contributed by atoms with E-state index in [1.165, 1.54) is 24.6 Å². The van der Waals surface area contributed by atoms with E-state index in [1.54, 1.807) is 17.2 Å². The van der Waals surface area contributed by atoms with Crippen LogP contribution in [0.1, 0.15) is 18.6 Å². The Kier molecular flexibility index (Phi) is 5.78. The van der Waals surface area contributed by atoms with Crippen LogP contribution >= 0.6 is 11.8 Å². The number of thioether (sulfide) groups is 1. The van der Waals surface area contributed by atoms with Crippen LogP contribution in [0.5, 0.6) is 0 Å². The summed E-state index contributed by atoms with van der Waals surface area (Å²) in [7, 11) is 0. The van der Waals surface area contributed by atoms with Gasteiger partial charge >= 0.3 is 0 Å². The number of carbonyl (C=O) groups excluding carboxylic acids is 2. The fourth-order valence-electron chi connectivity index (χ4n) is 3.27. The van der Waals surface area contributed by atoms with Crippen LogP contribution in [-0.4, -0.2) is 52.2 Å². The lowest BCUT2D eigenvalue weighted by atomic mass is 10.3. The lowest BCUT2D eigenvalue weighted by Crippen LogP contribution is -2.30. The first kappa shape index (κ1) is 18.8. The maximum atomic E-state index is 12.1. The minimum atomic E-state index is 0.00234. The molecule has 2 aromatic rings. The number of likely N-dealkylation sites (tertiary alicyclic amines) is 1. The minimum absolute atomic E-state index is 0.00234. The predicted molar refractivity (Wildman–Crippen MR) is 110 cm³/mol. The monoisotopic (exact) mass is 398 g/mol. The zero-order valence-corrected chi connectivity index (χ0v) is 16.3. The predicted octanol–water partition coefficient (Wildman–Crippen LogP) is 3.08. The number of furan rings is 1. The van der Waals surface area contributed by atoms with E-state index in [2.05, 4.69) is 15.2 Å². The number of amidine groups is 1. The summed E-state index contributed by atoms with van der Waals surface area (Å²) < 4.78 is 5.34. The summed E-state index contributed by atoms with van der Waals surface area (Å²) in [6, 6.07) is 11.0. The highest BCUT2D eigenvalue weighted by molar-refractivity contribution is 8.15. The first-order valence-electron chi connectivity index (χ1n) is 9.34. The molecule has 1 aromatic carbocycles. The molecule has 28 heavy (non-hydrogen) atoms. The van der Waals surface area contributed by atoms with Gasteiger partial charge in [-0.15, -0.1) is 0 Å². The summed E-state index contributed by atoms with van der Waals surface area (Å²) in [5.74, 6) is 1.12. The summed E-state index contributed by atoms with van der Waals surface area (Å²) >= 11 is 1.42. The van der Waals surface area contributed by atoms with Gasteiger partial charge in [-0.3, -0.25) is 19.4 Å². The van der Waals surface area contributed by atoms with Crippen molar-refractivity contribution in [3.05, 3.63) is 48.4 Å². The van der Waals surface area contributed by atoms with E-state index in [1.807, 2.05) is 30.3 Å². The highest BCUT2D eigenvalue weighted by atomic mass is 32.2. The lowest BCUT2D eigenvalue weighted by Gasteiger charge is -2.15. The van der Waals surface area contributed by atoms with E-state index in [4.69, 9.17) is 4.42 Å². The molecule has 4 rings (SSSR count). The molecular weight excluding hydrogens is 376 g/mol. The molecule has 1 aromatic heterocycles. The smallest absolute Gasteiger partial charge is 0.239 e. The van der Waals surface area contributed by atoms with Crippen molar-refractivity contribution in [1.29, 1.82) is 0 Å². The molecule has 0 bridgehead atoms. The number of benzene rings is 1. The molecule has 2 aliphatic heterocycles. The lowest BCUT2D eigenvalue weighted by molar-refractivity contribution is -0.124. The molecule has 0 unspecified atom stereocenters. The van der Waals surface area contributed by atoms with Crippen molar-refractivity contribution in [3.63, 3.8) is 0 Å². The normalized spacial score (nSPS) is 18.9. The van der Waals surface area contributed by atoms with Gasteiger partial charge in [0, 0.05) is 5.69 Å². The van der Waals surface area contributed by atoms with Gasteiger partial charge in [0.15, 0.2) is 5.17 Å². The zero-order valence-electron chi connectivity index (χ0n) is 15.5. The molecule has 0 atom stereocenters. The fourth-order valence-corrected chi connectivity index (χ4v) is 4.17. The SMILES string of the molecule is O=C(CN1CCCC1)Nc1ccc(N=C2SCC(=O)N2Cc2ccco2)cc1. The molecule has 0 spiro atoms. The Bertz CT molecular complexity index is 858.